The van der Waals surface area contributed by atoms with Crippen LogP contribution in [-0.2, 0) is 0 Å². The van der Waals surface area contributed by atoms with Crippen molar-refractivity contribution in [1.29, 1.82) is 0 Å². The van der Waals surface area contributed by atoms with Gasteiger partial charge in [0.2, 0.25) is 0 Å². The summed E-state index contributed by atoms with van der Waals surface area (Å²) in [6, 6.07) is 1.09. The average Bonchev–Trinajstić information content (AvgIpc) is 2.99. The topological polar surface area (TPSA) is 12.0 Å². The first-order chi connectivity index (χ1) is 10.8. The van der Waals surface area contributed by atoms with Gasteiger partial charge in [-0.1, -0.05) is 48.6 Å². The maximum atomic E-state index is 3.90. The lowest BCUT2D eigenvalue weighted by atomic mass is 9.77. The Labute approximate surface area is 138 Å². The molecule has 1 N–H and O–H groups in total. The van der Waals surface area contributed by atoms with Crippen molar-refractivity contribution in [1.82, 2.24) is 5.32 Å². The zero-order valence-corrected chi connectivity index (χ0v) is 14.1. The van der Waals surface area contributed by atoms with Gasteiger partial charge in [-0.25, -0.2) is 0 Å². The Kier molecular flexibility index (Phi) is 4.15. The van der Waals surface area contributed by atoms with Crippen molar-refractivity contribution in [2.24, 2.45) is 11.8 Å². The number of nitrogens with one attached hydrogen (secondary N) is 1. The molecule has 0 radical (unpaired) electrons. The summed E-state index contributed by atoms with van der Waals surface area (Å²) >= 11 is 2.16. The van der Waals surface area contributed by atoms with Crippen LogP contribution in [0.2, 0.25) is 0 Å². The van der Waals surface area contributed by atoms with Crippen LogP contribution in [-0.4, -0.2) is 17.3 Å². The Morgan fingerprint density at radius 3 is 2.91 bits per heavy atom. The molecule has 2 heteroatoms. The van der Waals surface area contributed by atoms with Gasteiger partial charge in [0.1, 0.15) is 0 Å². The van der Waals surface area contributed by atoms with E-state index in [1.54, 1.807) is 10.5 Å². The van der Waals surface area contributed by atoms with Gasteiger partial charge >= 0.3 is 0 Å². The SMILES string of the molecule is CC1C=CC(C2C=CC=CC2)C(C2CC3=C(CCC=C3)S2)N1. The molecule has 0 spiro atoms. The third kappa shape index (κ3) is 2.79. The predicted octanol–water partition coefficient (Wildman–Crippen LogP) is 4.76. The molecule has 0 saturated carbocycles. The molecule has 2 heterocycles. The molecule has 4 aliphatic rings. The lowest BCUT2D eigenvalue weighted by Gasteiger charge is -2.39. The summed E-state index contributed by atoms with van der Waals surface area (Å²) in [5.41, 5.74) is 1.61. The van der Waals surface area contributed by atoms with Crippen LogP contribution in [0.4, 0.5) is 0 Å². The Balaban J connectivity index is 1.53. The average molecular weight is 311 g/mol. The molecular weight excluding hydrogens is 286 g/mol. The number of hydrogen-bond donors (Lipinski definition) is 1. The first-order valence-corrected chi connectivity index (χ1v) is 9.52. The summed E-state index contributed by atoms with van der Waals surface area (Å²) in [5.74, 6) is 1.28. The molecule has 0 aromatic heterocycles. The van der Waals surface area contributed by atoms with Crippen molar-refractivity contribution < 1.29 is 0 Å². The standard InChI is InChI=1S/C20H25NS/c1-14-11-12-17(15-7-3-2-4-8-15)20(21-14)19-13-16-9-5-6-10-18(16)22-19/h2-5,7,9,11-12,14-15,17,19-21H,6,8,10,13H2,1H3. The minimum Gasteiger partial charge on any atom is -0.306 e. The second-order valence-electron chi connectivity index (χ2n) is 6.91. The molecule has 2 aliphatic heterocycles. The van der Waals surface area contributed by atoms with Crippen LogP contribution in [0, 0.1) is 11.8 Å². The molecule has 0 saturated heterocycles. The lowest BCUT2D eigenvalue weighted by Crippen LogP contribution is -2.51. The fraction of sp³-hybridized carbons (Fsp3) is 0.500. The van der Waals surface area contributed by atoms with Crippen LogP contribution in [0.3, 0.4) is 0 Å². The van der Waals surface area contributed by atoms with E-state index >= 15 is 0 Å². The number of rotatable bonds is 2. The third-order valence-corrected chi connectivity index (χ3v) is 6.84. The quantitative estimate of drug-likeness (QED) is 0.738. The molecule has 4 rings (SSSR count). The molecule has 0 bridgehead atoms. The van der Waals surface area contributed by atoms with Crippen molar-refractivity contribution in [3.05, 3.63) is 59.1 Å². The Morgan fingerprint density at radius 2 is 2.09 bits per heavy atom. The van der Waals surface area contributed by atoms with E-state index in [2.05, 4.69) is 72.6 Å². The predicted molar refractivity (Wildman–Crippen MR) is 96.8 cm³/mol. The van der Waals surface area contributed by atoms with E-state index in [4.69, 9.17) is 0 Å². The van der Waals surface area contributed by atoms with Gasteiger partial charge in [0, 0.05) is 17.3 Å². The first-order valence-electron chi connectivity index (χ1n) is 8.64. The summed E-state index contributed by atoms with van der Waals surface area (Å²) in [6.45, 7) is 2.28. The normalized spacial score (nSPS) is 40.3. The molecule has 0 fully saturated rings. The van der Waals surface area contributed by atoms with Crippen LogP contribution in [0.25, 0.3) is 0 Å². The van der Waals surface area contributed by atoms with E-state index in [0.717, 1.165) is 0 Å². The molecule has 0 amide bonds. The largest absolute Gasteiger partial charge is 0.306 e. The number of allylic oxidation sites excluding steroid dienone is 8. The molecule has 0 aromatic rings. The summed E-state index contributed by atoms with van der Waals surface area (Å²) in [7, 11) is 0. The number of hydrogen-bond acceptors (Lipinski definition) is 2. The fourth-order valence-electron chi connectivity index (χ4n) is 4.19. The second-order valence-corrected chi connectivity index (χ2v) is 8.24. The van der Waals surface area contributed by atoms with E-state index in [0.29, 0.717) is 29.2 Å². The van der Waals surface area contributed by atoms with Crippen molar-refractivity contribution in [3.8, 4) is 0 Å². The summed E-state index contributed by atoms with van der Waals surface area (Å²) in [5, 5.41) is 4.60. The van der Waals surface area contributed by atoms with Gasteiger partial charge in [-0.15, -0.1) is 11.8 Å². The zero-order chi connectivity index (χ0) is 14.9. The van der Waals surface area contributed by atoms with Crippen LogP contribution in [0.1, 0.15) is 32.6 Å². The third-order valence-electron chi connectivity index (χ3n) is 5.33. The zero-order valence-electron chi connectivity index (χ0n) is 13.2. The van der Waals surface area contributed by atoms with Gasteiger partial charge in [0.15, 0.2) is 0 Å². The summed E-state index contributed by atoms with van der Waals surface area (Å²) in [6.07, 6.45) is 23.7. The van der Waals surface area contributed by atoms with E-state index in [1.807, 2.05) is 0 Å². The van der Waals surface area contributed by atoms with E-state index < -0.39 is 0 Å². The second kappa shape index (κ2) is 6.25. The summed E-state index contributed by atoms with van der Waals surface area (Å²) in [4.78, 5) is 1.66. The van der Waals surface area contributed by atoms with Gasteiger partial charge < -0.3 is 5.32 Å². The summed E-state index contributed by atoms with van der Waals surface area (Å²) < 4.78 is 0. The fourth-order valence-corrected chi connectivity index (χ4v) is 5.76. The highest BCUT2D eigenvalue weighted by atomic mass is 32.2. The Morgan fingerprint density at radius 1 is 1.14 bits per heavy atom. The van der Waals surface area contributed by atoms with E-state index in [9.17, 15) is 0 Å². The Hall–Kier alpha value is -0.990. The van der Waals surface area contributed by atoms with Crippen molar-refractivity contribution in [2.75, 3.05) is 0 Å². The molecule has 116 valence electrons. The highest BCUT2D eigenvalue weighted by molar-refractivity contribution is 8.04. The van der Waals surface area contributed by atoms with Gasteiger partial charge in [0.05, 0.1) is 0 Å². The maximum Gasteiger partial charge on any atom is 0.0292 e. The first kappa shape index (κ1) is 14.6. The molecule has 0 aromatic carbocycles. The smallest absolute Gasteiger partial charge is 0.0292 e. The van der Waals surface area contributed by atoms with Crippen LogP contribution in [0.15, 0.2) is 59.1 Å². The molecule has 2 aliphatic carbocycles. The monoisotopic (exact) mass is 311 g/mol. The number of thioether (sulfide) groups is 1. The van der Waals surface area contributed by atoms with E-state index in [-0.39, 0.29) is 0 Å². The molecule has 22 heavy (non-hydrogen) atoms. The minimum atomic E-state index is 0.498. The van der Waals surface area contributed by atoms with Gasteiger partial charge in [0.25, 0.3) is 0 Å². The lowest BCUT2D eigenvalue weighted by molar-refractivity contribution is 0.304. The van der Waals surface area contributed by atoms with Crippen LogP contribution < -0.4 is 5.32 Å². The van der Waals surface area contributed by atoms with Crippen molar-refractivity contribution in [2.45, 2.75) is 49.9 Å². The Bertz CT molecular complexity index is 581. The van der Waals surface area contributed by atoms with Crippen molar-refractivity contribution >= 4 is 11.8 Å². The molecule has 5 unspecified atom stereocenters. The van der Waals surface area contributed by atoms with E-state index in [1.165, 1.54) is 25.7 Å². The molecule has 5 atom stereocenters. The van der Waals surface area contributed by atoms with Crippen molar-refractivity contribution in [3.63, 3.8) is 0 Å². The highest BCUT2D eigenvalue weighted by Crippen LogP contribution is 2.47. The van der Waals surface area contributed by atoms with Crippen LogP contribution in [0.5, 0.6) is 0 Å². The van der Waals surface area contributed by atoms with Gasteiger partial charge in [-0.3, -0.25) is 0 Å². The molecule has 1 nitrogen and oxygen atoms in total. The minimum absolute atomic E-state index is 0.498. The maximum absolute atomic E-state index is 3.90. The van der Waals surface area contributed by atoms with Gasteiger partial charge in [-0.2, -0.15) is 0 Å². The van der Waals surface area contributed by atoms with Crippen LogP contribution >= 0.6 is 11.8 Å². The van der Waals surface area contributed by atoms with Gasteiger partial charge in [-0.05, 0) is 54.9 Å². The highest BCUT2D eigenvalue weighted by Gasteiger charge is 2.38. The molecular formula is C20H25NS.